The molecule has 0 aromatic rings. The molecule has 0 aliphatic carbocycles. The van der Waals surface area contributed by atoms with Gasteiger partial charge in [-0.2, -0.15) is 0 Å². The smallest absolute Gasteiger partial charge is 0.149 e. The molecule has 1 aliphatic heterocycles. The normalized spacial score (nSPS) is 17.5. The molecule has 0 spiro atoms. The maximum absolute atomic E-state index is 5.85. The van der Waals surface area contributed by atoms with Crippen molar-refractivity contribution in [1.82, 2.24) is 0 Å². The summed E-state index contributed by atoms with van der Waals surface area (Å²) >= 11 is 3.96. The Morgan fingerprint density at radius 1 is 0.882 bits per heavy atom. The van der Waals surface area contributed by atoms with Crippen LogP contribution in [0.5, 0.6) is 0 Å². The lowest BCUT2D eigenvalue weighted by Crippen LogP contribution is -2.11. The molecule has 0 amide bonds. The van der Waals surface area contributed by atoms with Gasteiger partial charge in [-0.1, -0.05) is 51.9 Å². The first kappa shape index (κ1) is 15.7. The molecule has 0 atom stereocenters. The summed E-state index contributed by atoms with van der Waals surface area (Å²) in [5.74, 6) is 2.57. The molecule has 0 unspecified atom stereocenters. The predicted octanol–water partition coefficient (Wildman–Crippen LogP) is 5.30. The van der Waals surface area contributed by atoms with Crippen LogP contribution in [-0.4, -0.2) is 22.9 Å². The fourth-order valence-corrected chi connectivity index (χ4v) is 4.51. The lowest BCUT2D eigenvalue weighted by molar-refractivity contribution is 0.157. The average molecular weight is 277 g/mol. The van der Waals surface area contributed by atoms with Crippen LogP contribution in [0.2, 0.25) is 0 Å². The highest BCUT2D eigenvalue weighted by atomic mass is 32.2. The highest BCUT2D eigenvalue weighted by Crippen LogP contribution is 2.31. The highest BCUT2D eigenvalue weighted by Gasteiger charge is 2.13. The summed E-state index contributed by atoms with van der Waals surface area (Å²) in [6.45, 7) is 3.25. The third-order valence-electron chi connectivity index (χ3n) is 3.05. The van der Waals surface area contributed by atoms with Crippen molar-refractivity contribution in [3.8, 4) is 0 Å². The molecule has 3 heteroatoms. The SMILES string of the molecule is CCCCCCCCCCOC1SCCCS1. The van der Waals surface area contributed by atoms with Crippen LogP contribution < -0.4 is 0 Å². The van der Waals surface area contributed by atoms with E-state index in [0.29, 0.717) is 4.77 Å². The second-order valence-corrected chi connectivity index (χ2v) is 7.37. The Morgan fingerprint density at radius 3 is 2.12 bits per heavy atom. The predicted molar refractivity (Wildman–Crippen MR) is 81.9 cm³/mol. The van der Waals surface area contributed by atoms with E-state index in [2.05, 4.69) is 6.92 Å². The van der Waals surface area contributed by atoms with Crippen molar-refractivity contribution in [2.45, 2.75) is 69.5 Å². The molecule has 1 saturated heterocycles. The Bertz CT molecular complexity index is 158. The number of thioether (sulfide) groups is 2. The van der Waals surface area contributed by atoms with E-state index in [9.17, 15) is 0 Å². The van der Waals surface area contributed by atoms with Crippen molar-refractivity contribution in [2.75, 3.05) is 18.1 Å². The van der Waals surface area contributed by atoms with E-state index in [1.165, 1.54) is 69.3 Å². The lowest BCUT2D eigenvalue weighted by atomic mass is 10.1. The van der Waals surface area contributed by atoms with Gasteiger partial charge in [-0.15, -0.1) is 23.5 Å². The summed E-state index contributed by atoms with van der Waals surface area (Å²) < 4.78 is 6.29. The zero-order valence-electron chi connectivity index (χ0n) is 11.3. The van der Waals surface area contributed by atoms with E-state index >= 15 is 0 Å². The molecular weight excluding hydrogens is 248 g/mol. The monoisotopic (exact) mass is 276 g/mol. The summed E-state index contributed by atoms with van der Waals surface area (Å²) in [4.78, 5) is 0. The number of unbranched alkanes of at least 4 members (excludes halogenated alkanes) is 7. The molecule has 0 saturated carbocycles. The van der Waals surface area contributed by atoms with Crippen molar-refractivity contribution in [2.24, 2.45) is 0 Å². The molecule has 1 rings (SSSR count). The summed E-state index contributed by atoms with van der Waals surface area (Å²) in [7, 11) is 0. The van der Waals surface area contributed by atoms with Gasteiger partial charge < -0.3 is 4.74 Å². The quantitative estimate of drug-likeness (QED) is 0.501. The summed E-state index contributed by atoms with van der Waals surface area (Å²) in [6.07, 6.45) is 12.4. The average Bonchev–Trinajstić information content (AvgIpc) is 2.38. The minimum absolute atomic E-state index is 0.438. The second-order valence-electron chi connectivity index (χ2n) is 4.73. The number of ether oxygens (including phenoxy) is 1. The minimum atomic E-state index is 0.438. The molecule has 0 aromatic carbocycles. The first-order valence-electron chi connectivity index (χ1n) is 7.28. The van der Waals surface area contributed by atoms with Crippen LogP contribution in [0.25, 0.3) is 0 Å². The molecule has 17 heavy (non-hydrogen) atoms. The second kappa shape index (κ2) is 11.7. The third-order valence-corrected chi connectivity index (χ3v) is 5.73. The van der Waals surface area contributed by atoms with E-state index in [1.54, 1.807) is 0 Å². The Morgan fingerprint density at radius 2 is 1.47 bits per heavy atom. The molecule has 0 radical (unpaired) electrons. The van der Waals surface area contributed by atoms with E-state index in [0.717, 1.165) is 6.61 Å². The van der Waals surface area contributed by atoms with E-state index < -0.39 is 0 Å². The van der Waals surface area contributed by atoms with Crippen molar-refractivity contribution < 1.29 is 4.74 Å². The van der Waals surface area contributed by atoms with Gasteiger partial charge >= 0.3 is 0 Å². The summed E-state index contributed by atoms with van der Waals surface area (Å²) in [5.41, 5.74) is 0. The zero-order chi connectivity index (χ0) is 12.2. The van der Waals surface area contributed by atoms with Crippen molar-refractivity contribution in [3.05, 3.63) is 0 Å². The first-order chi connectivity index (χ1) is 8.43. The van der Waals surface area contributed by atoms with Crippen molar-refractivity contribution in [1.29, 1.82) is 0 Å². The highest BCUT2D eigenvalue weighted by molar-refractivity contribution is 8.17. The molecule has 1 nitrogen and oxygen atoms in total. The topological polar surface area (TPSA) is 9.23 Å². The van der Waals surface area contributed by atoms with Crippen LogP contribution in [0.15, 0.2) is 0 Å². The maximum Gasteiger partial charge on any atom is 0.149 e. The molecule has 1 aliphatic rings. The number of hydrogen-bond acceptors (Lipinski definition) is 3. The molecule has 1 fully saturated rings. The van der Waals surface area contributed by atoms with Crippen molar-refractivity contribution >= 4 is 23.5 Å². The van der Waals surface area contributed by atoms with Gasteiger partial charge in [0.2, 0.25) is 0 Å². The summed E-state index contributed by atoms with van der Waals surface area (Å²) in [5, 5.41) is 0. The zero-order valence-corrected chi connectivity index (χ0v) is 12.9. The van der Waals surface area contributed by atoms with Crippen LogP contribution in [0.4, 0.5) is 0 Å². The number of rotatable bonds is 10. The van der Waals surface area contributed by atoms with Gasteiger partial charge in [0, 0.05) is 6.61 Å². The molecule has 0 bridgehead atoms. The van der Waals surface area contributed by atoms with Gasteiger partial charge in [-0.3, -0.25) is 0 Å². The largest absolute Gasteiger partial charge is 0.358 e. The fraction of sp³-hybridized carbons (Fsp3) is 1.00. The number of hydrogen-bond donors (Lipinski definition) is 0. The van der Waals surface area contributed by atoms with E-state index in [4.69, 9.17) is 4.74 Å². The molecule has 102 valence electrons. The Kier molecular flexibility index (Phi) is 10.8. The third kappa shape index (κ3) is 9.26. The molecule has 0 aromatic heterocycles. The van der Waals surface area contributed by atoms with Gasteiger partial charge in [0.25, 0.3) is 0 Å². The maximum atomic E-state index is 5.85. The molecular formula is C14H28OS2. The van der Waals surface area contributed by atoms with Crippen molar-refractivity contribution in [3.63, 3.8) is 0 Å². The molecule has 0 N–H and O–H groups in total. The Hall–Kier alpha value is 0.660. The molecule has 1 heterocycles. The first-order valence-corrected chi connectivity index (χ1v) is 9.38. The Balaban J connectivity index is 1.75. The van der Waals surface area contributed by atoms with Gasteiger partial charge in [0.05, 0.1) is 0 Å². The van der Waals surface area contributed by atoms with Crippen LogP contribution in [0.1, 0.15) is 64.7 Å². The van der Waals surface area contributed by atoms with Gasteiger partial charge in [-0.25, -0.2) is 0 Å². The van der Waals surface area contributed by atoms with Crippen LogP contribution in [-0.2, 0) is 4.74 Å². The Labute approximate surface area is 116 Å². The van der Waals surface area contributed by atoms with Gasteiger partial charge in [-0.05, 0) is 24.3 Å². The fourth-order valence-electron chi connectivity index (χ4n) is 1.98. The van der Waals surface area contributed by atoms with Gasteiger partial charge in [0.15, 0.2) is 0 Å². The van der Waals surface area contributed by atoms with Crippen LogP contribution >= 0.6 is 23.5 Å². The minimum Gasteiger partial charge on any atom is -0.358 e. The van der Waals surface area contributed by atoms with E-state index in [1.807, 2.05) is 23.5 Å². The van der Waals surface area contributed by atoms with Crippen LogP contribution in [0.3, 0.4) is 0 Å². The van der Waals surface area contributed by atoms with Gasteiger partial charge in [0.1, 0.15) is 4.77 Å². The lowest BCUT2D eigenvalue weighted by Gasteiger charge is -2.20. The summed E-state index contributed by atoms with van der Waals surface area (Å²) in [6, 6.07) is 0. The standard InChI is InChI=1S/C14H28OS2/c1-2-3-4-5-6-7-8-9-11-15-14-16-12-10-13-17-14/h14H,2-13H2,1H3. The van der Waals surface area contributed by atoms with Crippen LogP contribution in [0, 0.1) is 0 Å². The van der Waals surface area contributed by atoms with E-state index in [-0.39, 0.29) is 0 Å².